The number of carbonyl (C=O) groups excluding carboxylic acids is 1. The molecule has 1 N–H and O–H groups in total. The van der Waals surface area contributed by atoms with E-state index in [1.165, 1.54) is 6.07 Å². The summed E-state index contributed by atoms with van der Waals surface area (Å²) < 4.78 is 24.6. The van der Waals surface area contributed by atoms with Gasteiger partial charge >= 0.3 is 0 Å². The quantitative estimate of drug-likeness (QED) is 0.308. The van der Waals surface area contributed by atoms with Crippen LogP contribution in [0.4, 0.5) is 5.69 Å². The molecule has 1 aromatic heterocycles. The van der Waals surface area contributed by atoms with Crippen molar-refractivity contribution in [1.29, 1.82) is 0 Å². The molecule has 1 amide bonds. The van der Waals surface area contributed by atoms with Crippen LogP contribution in [0.2, 0.25) is 5.02 Å². The number of anilines is 1. The van der Waals surface area contributed by atoms with Gasteiger partial charge in [-0.3, -0.25) is 9.78 Å². The fourth-order valence-corrected chi connectivity index (χ4v) is 4.73. The van der Waals surface area contributed by atoms with Gasteiger partial charge in [-0.05, 0) is 70.6 Å². The first kappa shape index (κ1) is 25.6. The SMILES string of the molecule is CC(C)(C)c1cccc(-c2cc(S(C)(=O)=O)ccc2C(=O)Nc2ccc(Cl)c(-c3ccccn3)c2)c1. The Morgan fingerprint density at radius 2 is 1.67 bits per heavy atom. The fraction of sp³-hybridized carbons (Fsp3) is 0.172. The number of amides is 1. The monoisotopic (exact) mass is 518 g/mol. The van der Waals surface area contributed by atoms with Crippen LogP contribution in [0.15, 0.2) is 90.0 Å². The highest BCUT2D eigenvalue weighted by atomic mass is 35.5. The average molecular weight is 519 g/mol. The minimum Gasteiger partial charge on any atom is -0.322 e. The standard InChI is InChI=1S/C29H27ClN2O3S/c1-29(2,3)20-9-7-8-19(16-20)24-18-22(36(4,34)35)12-13-23(24)28(33)32-21-11-14-26(30)25(17-21)27-10-5-6-15-31-27/h5-18H,1-4H3,(H,32,33). The van der Waals surface area contributed by atoms with Gasteiger partial charge in [0, 0.05) is 29.3 Å². The maximum atomic E-state index is 13.5. The molecule has 0 saturated heterocycles. The largest absolute Gasteiger partial charge is 0.322 e. The van der Waals surface area contributed by atoms with Crippen molar-refractivity contribution in [2.75, 3.05) is 11.6 Å². The second kappa shape index (κ2) is 9.88. The molecule has 0 radical (unpaired) electrons. The zero-order valence-corrected chi connectivity index (χ0v) is 22.1. The number of hydrogen-bond acceptors (Lipinski definition) is 4. The highest BCUT2D eigenvalue weighted by Gasteiger charge is 2.20. The van der Waals surface area contributed by atoms with Gasteiger partial charge in [0.05, 0.1) is 15.6 Å². The topological polar surface area (TPSA) is 76.1 Å². The molecule has 0 saturated carbocycles. The number of pyridine rings is 1. The Morgan fingerprint density at radius 1 is 0.889 bits per heavy atom. The van der Waals surface area contributed by atoms with Crippen molar-refractivity contribution in [1.82, 2.24) is 4.98 Å². The molecule has 0 aliphatic carbocycles. The van der Waals surface area contributed by atoms with Crippen molar-refractivity contribution >= 4 is 33.0 Å². The van der Waals surface area contributed by atoms with Gasteiger partial charge in [-0.2, -0.15) is 0 Å². The summed E-state index contributed by atoms with van der Waals surface area (Å²) in [6.45, 7) is 6.31. The summed E-state index contributed by atoms with van der Waals surface area (Å²) in [5.74, 6) is -0.361. The van der Waals surface area contributed by atoms with Crippen molar-refractivity contribution in [3.8, 4) is 22.4 Å². The Bertz CT molecular complexity index is 1540. The number of rotatable bonds is 5. The number of carbonyl (C=O) groups is 1. The first-order valence-corrected chi connectivity index (χ1v) is 13.7. The van der Waals surface area contributed by atoms with Crippen molar-refractivity contribution in [2.45, 2.75) is 31.1 Å². The van der Waals surface area contributed by atoms with E-state index in [-0.39, 0.29) is 16.2 Å². The summed E-state index contributed by atoms with van der Waals surface area (Å²) in [6.07, 6.45) is 2.84. The molecule has 3 aromatic carbocycles. The Morgan fingerprint density at radius 3 is 2.33 bits per heavy atom. The Hall–Kier alpha value is -3.48. The maximum absolute atomic E-state index is 13.5. The molecule has 36 heavy (non-hydrogen) atoms. The van der Waals surface area contributed by atoms with Crippen LogP contribution in [0, 0.1) is 0 Å². The van der Waals surface area contributed by atoms with Gasteiger partial charge in [0.1, 0.15) is 0 Å². The lowest BCUT2D eigenvalue weighted by atomic mass is 9.85. The molecular formula is C29H27ClN2O3S. The number of hydrogen-bond donors (Lipinski definition) is 1. The van der Waals surface area contributed by atoms with E-state index < -0.39 is 9.84 Å². The van der Waals surface area contributed by atoms with Crippen LogP contribution in [0.3, 0.4) is 0 Å². The molecule has 4 aromatic rings. The molecule has 5 nitrogen and oxygen atoms in total. The van der Waals surface area contributed by atoms with Gasteiger partial charge < -0.3 is 5.32 Å². The molecule has 184 valence electrons. The molecule has 0 aliphatic rings. The van der Waals surface area contributed by atoms with E-state index in [2.05, 4.69) is 31.1 Å². The number of aromatic nitrogens is 1. The fourth-order valence-electron chi connectivity index (χ4n) is 3.86. The van der Waals surface area contributed by atoms with E-state index in [1.807, 2.05) is 42.5 Å². The van der Waals surface area contributed by atoms with Crippen LogP contribution in [-0.4, -0.2) is 25.6 Å². The van der Waals surface area contributed by atoms with Gasteiger partial charge in [-0.15, -0.1) is 0 Å². The Labute approximate surface area is 217 Å². The van der Waals surface area contributed by atoms with Gasteiger partial charge in [0.2, 0.25) is 0 Å². The third kappa shape index (κ3) is 5.66. The lowest BCUT2D eigenvalue weighted by molar-refractivity contribution is 0.102. The van der Waals surface area contributed by atoms with Gasteiger partial charge in [-0.25, -0.2) is 8.42 Å². The third-order valence-electron chi connectivity index (χ3n) is 5.87. The van der Waals surface area contributed by atoms with Crippen LogP contribution < -0.4 is 5.32 Å². The number of sulfone groups is 1. The molecular weight excluding hydrogens is 492 g/mol. The van der Waals surface area contributed by atoms with E-state index in [4.69, 9.17) is 11.6 Å². The smallest absolute Gasteiger partial charge is 0.256 e. The summed E-state index contributed by atoms with van der Waals surface area (Å²) >= 11 is 6.39. The summed E-state index contributed by atoms with van der Waals surface area (Å²) in [5, 5.41) is 3.45. The zero-order valence-electron chi connectivity index (χ0n) is 20.5. The lowest BCUT2D eigenvalue weighted by Gasteiger charge is -2.20. The summed E-state index contributed by atoms with van der Waals surface area (Å²) in [4.78, 5) is 18.0. The summed E-state index contributed by atoms with van der Waals surface area (Å²) in [7, 11) is -3.47. The number of nitrogens with zero attached hydrogens (tertiary/aromatic N) is 1. The molecule has 0 unspecified atom stereocenters. The summed E-state index contributed by atoms with van der Waals surface area (Å²) in [6, 6.07) is 23.1. The molecule has 0 fully saturated rings. The van der Waals surface area contributed by atoms with Crippen molar-refractivity contribution in [3.05, 3.63) is 101 Å². The zero-order chi connectivity index (χ0) is 26.1. The highest BCUT2D eigenvalue weighted by molar-refractivity contribution is 7.90. The van der Waals surface area contributed by atoms with Gasteiger partial charge in [0.25, 0.3) is 5.91 Å². The normalized spacial score (nSPS) is 11.8. The van der Waals surface area contributed by atoms with E-state index in [0.717, 1.165) is 17.4 Å². The molecule has 4 rings (SSSR count). The van der Waals surface area contributed by atoms with Crippen LogP contribution in [0.5, 0.6) is 0 Å². The summed E-state index contributed by atoms with van der Waals surface area (Å²) in [5.41, 5.74) is 4.57. The van der Waals surface area contributed by atoms with E-state index >= 15 is 0 Å². The van der Waals surface area contributed by atoms with E-state index in [9.17, 15) is 13.2 Å². The van der Waals surface area contributed by atoms with Crippen molar-refractivity contribution in [3.63, 3.8) is 0 Å². The van der Waals surface area contributed by atoms with Crippen LogP contribution in [0.25, 0.3) is 22.4 Å². The maximum Gasteiger partial charge on any atom is 0.256 e. The van der Waals surface area contributed by atoms with E-state index in [0.29, 0.717) is 33.1 Å². The van der Waals surface area contributed by atoms with Crippen LogP contribution in [0.1, 0.15) is 36.7 Å². The number of nitrogens with one attached hydrogen (secondary N) is 1. The van der Waals surface area contributed by atoms with Crippen molar-refractivity contribution in [2.24, 2.45) is 0 Å². The second-order valence-electron chi connectivity index (χ2n) is 9.67. The van der Waals surface area contributed by atoms with Gasteiger partial charge in [-0.1, -0.05) is 62.7 Å². The predicted molar refractivity (Wildman–Crippen MR) is 146 cm³/mol. The predicted octanol–water partition coefficient (Wildman–Crippen LogP) is 7.02. The third-order valence-corrected chi connectivity index (χ3v) is 7.31. The van der Waals surface area contributed by atoms with Crippen LogP contribution >= 0.6 is 11.6 Å². The number of benzene rings is 3. The number of halogens is 1. The van der Waals surface area contributed by atoms with Gasteiger partial charge in [0.15, 0.2) is 9.84 Å². The highest BCUT2D eigenvalue weighted by Crippen LogP contribution is 2.33. The first-order chi connectivity index (χ1) is 16.9. The molecule has 7 heteroatoms. The Kier molecular flexibility index (Phi) is 7.03. The minimum atomic E-state index is -3.47. The van der Waals surface area contributed by atoms with Crippen LogP contribution in [-0.2, 0) is 15.3 Å². The Balaban J connectivity index is 1.77. The lowest BCUT2D eigenvalue weighted by Crippen LogP contribution is -2.14. The van der Waals surface area contributed by atoms with Crippen molar-refractivity contribution < 1.29 is 13.2 Å². The molecule has 0 bridgehead atoms. The minimum absolute atomic E-state index is 0.113. The molecule has 1 heterocycles. The van der Waals surface area contributed by atoms with E-state index in [1.54, 1.807) is 36.5 Å². The first-order valence-electron chi connectivity index (χ1n) is 11.4. The molecule has 0 spiro atoms. The molecule has 0 atom stereocenters. The molecule has 0 aliphatic heterocycles. The average Bonchev–Trinajstić information content (AvgIpc) is 2.84. The second-order valence-corrected chi connectivity index (χ2v) is 12.1.